The smallest absolute Gasteiger partial charge is 0.0589 e. The van der Waals surface area contributed by atoms with Crippen molar-refractivity contribution in [2.75, 3.05) is 33.9 Å². The zero-order chi connectivity index (χ0) is 12.5. The lowest BCUT2D eigenvalue weighted by Crippen LogP contribution is -2.23. The predicted molar refractivity (Wildman–Crippen MR) is 73.5 cm³/mol. The van der Waals surface area contributed by atoms with E-state index in [-0.39, 0.29) is 0 Å². The van der Waals surface area contributed by atoms with Gasteiger partial charge in [0.2, 0.25) is 0 Å². The van der Waals surface area contributed by atoms with Crippen molar-refractivity contribution in [1.29, 1.82) is 0 Å². The van der Waals surface area contributed by atoms with Gasteiger partial charge >= 0.3 is 0 Å². The second-order valence-electron chi connectivity index (χ2n) is 4.74. The quantitative estimate of drug-likeness (QED) is 0.642. The summed E-state index contributed by atoms with van der Waals surface area (Å²) in [5, 5.41) is 0. The van der Waals surface area contributed by atoms with E-state index < -0.39 is 0 Å². The predicted octanol–water partition coefficient (Wildman–Crippen LogP) is 2.90. The lowest BCUT2D eigenvalue weighted by molar-refractivity contribution is 0.160. The Morgan fingerprint density at radius 1 is 1.06 bits per heavy atom. The van der Waals surface area contributed by atoms with E-state index in [0.717, 1.165) is 19.7 Å². The van der Waals surface area contributed by atoms with Crippen molar-refractivity contribution in [2.45, 2.75) is 26.2 Å². The molecule has 0 N–H and O–H groups in total. The molecule has 96 valence electrons. The third-order valence-electron chi connectivity index (χ3n) is 3.05. The standard InChI is InChI=1S/C15H25NO/c1-14-7-9-15(10-8-14)6-4-5-11-16(2)12-13-17-3/h7-10H,4-6,11-13H2,1-3H3. The van der Waals surface area contributed by atoms with Crippen LogP contribution in [0.5, 0.6) is 0 Å². The number of likely N-dealkylation sites (N-methyl/N-ethyl adjacent to an activating group) is 1. The molecule has 1 aromatic rings. The van der Waals surface area contributed by atoms with Crippen LogP contribution in [0.1, 0.15) is 24.0 Å². The molecule has 1 aromatic carbocycles. The maximum absolute atomic E-state index is 5.06. The van der Waals surface area contributed by atoms with E-state index in [1.54, 1.807) is 7.11 Å². The van der Waals surface area contributed by atoms with Crippen molar-refractivity contribution in [3.63, 3.8) is 0 Å². The van der Waals surface area contributed by atoms with Crippen LogP contribution < -0.4 is 0 Å². The summed E-state index contributed by atoms with van der Waals surface area (Å²) >= 11 is 0. The number of ether oxygens (including phenoxy) is 1. The van der Waals surface area contributed by atoms with Crippen molar-refractivity contribution < 1.29 is 4.74 Å². The van der Waals surface area contributed by atoms with Gasteiger partial charge in [0.25, 0.3) is 0 Å². The first kappa shape index (κ1) is 14.2. The third-order valence-corrected chi connectivity index (χ3v) is 3.05. The van der Waals surface area contributed by atoms with Gasteiger partial charge in [-0.05, 0) is 45.3 Å². The van der Waals surface area contributed by atoms with Gasteiger partial charge in [0.1, 0.15) is 0 Å². The molecule has 0 saturated heterocycles. The molecule has 0 bridgehead atoms. The number of unbranched alkanes of at least 4 members (excludes halogenated alkanes) is 1. The lowest BCUT2D eigenvalue weighted by atomic mass is 10.1. The summed E-state index contributed by atoms with van der Waals surface area (Å²) in [6.07, 6.45) is 3.72. The maximum Gasteiger partial charge on any atom is 0.0589 e. The molecule has 0 atom stereocenters. The Morgan fingerprint density at radius 2 is 1.76 bits per heavy atom. The molecule has 0 aliphatic heterocycles. The topological polar surface area (TPSA) is 12.5 Å². The van der Waals surface area contributed by atoms with E-state index in [1.165, 1.54) is 30.4 Å². The van der Waals surface area contributed by atoms with Gasteiger partial charge in [0.15, 0.2) is 0 Å². The molecule has 0 heterocycles. The molecular formula is C15H25NO. The Hall–Kier alpha value is -0.860. The first-order chi connectivity index (χ1) is 8.22. The molecule has 0 aromatic heterocycles. The van der Waals surface area contributed by atoms with Crippen molar-refractivity contribution >= 4 is 0 Å². The number of aryl methyl sites for hydroxylation is 2. The van der Waals surface area contributed by atoms with Gasteiger partial charge in [-0.3, -0.25) is 0 Å². The highest BCUT2D eigenvalue weighted by Crippen LogP contribution is 2.07. The van der Waals surface area contributed by atoms with Gasteiger partial charge in [0, 0.05) is 13.7 Å². The zero-order valence-electron chi connectivity index (χ0n) is 11.4. The van der Waals surface area contributed by atoms with E-state index in [1.807, 2.05) is 0 Å². The van der Waals surface area contributed by atoms with Gasteiger partial charge in [-0.25, -0.2) is 0 Å². The van der Waals surface area contributed by atoms with E-state index in [2.05, 4.69) is 43.1 Å². The fraction of sp³-hybridized carbons (Fsp3) is 0.600. The zero-order valence-corrected chi connectivity index (χ0v) is 11.4. The maximum atomic E-state index is 5.06. The van der Waals surface area contributed by atoms with Crippen LogP contribution in [-0.2, 0) is 11.2 Å². The van der Waals surface area contributed by atoms with Crippen molar-refractivity contribution in [3.05, 3.63) is 35.4 Å². The summed E-state index contributed by atoms with van der Waals surface area (Å²) in [4.78, 5) is 2.33. The number of rotatable bonds is 8. The molecule has 0 saturated carbocycles. The number of methoxy groups -OCH3 is 1. The largest absolute Gasteiger partial charge is 0.383 e. The number of hydrogen-bond donors (Lipinski definition) is 0. The van der Waals surface area contributed by atoms with Crippen LogP contribution in [0.4, 0.5) is 0 Å². The lowest BCUT2D eigenvalue weighted by Gasteiger charge is -2.15. The third kappa shape index (κ3) is 6.44. The van der Waals surface area contributed by atoms with Crippen molar-refractivity contribution in [1.82, 2.24) is 4.90 Å². The SMILES string of the molecule is COCCN(C)CCCCc1ccc(C)cc1. The van der Waals surface area contributed by atoms with Crippen LogP contribution >= 0.6 is 0 Å². The molecule has 0 radical (unpaired) electrons. The van der Waals surface area contributed by atoms with E-state index in [9.17, 15) is 0 Å². The van der Waals surface area contributed by atoms with E-state index in [4.69, 9.17) is 4.74 Å². The van der Waals surface area contributed by atoms with Crippen LogP contribution in [0.25, 0.3) is 0 Å². The summed E-state index contributed by atoms with van der Waals surface area (Å²) in [6.45, 7) is 5.15. The molecule has 1 rings (SSSR count). The fourth-order valence-electron chi connectivity index (χ4n) is 1.82. The number of nitrogens with zero attached hydrogens (tertiary/aromatic N) is 1. The second kappa shape index (κ2) is 8.26. The first-order valence-electron chi connectivity index (χ1n) is 6.45. The minimum absolute atomic E-state index is 0.828. The van der Waals surface area contributed by atoms with Crippen LogP contribution in [-0.4, -0.2) is 38.8 Å². The highest BCUT2D eigenvalue weighted by atomic mass is 16.5. The Labute approximate surface area is 106 Å². The summed E-state index contributed by atoms with van der Waals surface area (Å²) in [5.41, 5.74) is 2.79. The van der Waals surface area contributed by atoms with Gasteiger partial charge in [-0.15, -0.1) is 0 Å². The molecule has 0 fully saturated rings. The van der Waals surface area contributed by atoms with Crippen LogP contribution in [0.2, 0.25) is 0 Å². The van der Waals surface area contributed by atoms with Gasteiger partial charge in [0.05, 0.1) is 6.61 Å². The minimum atomic E-state index is 0.828. The summed E-state index contributed by atoms with van der Waals surface area (Å²) in [5.74, 6) is 0. The highest BCUT2D eigenvalue weighted by Gasteiger charge is 1.98. The molecule has 2 nitrogen and oxygen atoms in total. The van der Waals surface area contributed by atoms with Gasteiger partial charge < -0.3 is 9.64 Å². The monoisotopic (exact) mass is 235 g/mol. The normalized spacial score (nSPS) is 11.1. The number of benzene rings is 1. The average molecular weight is 235 g/mol. The molecule has 0 amide bonds. The van der Waals surface area contributed by atoms with Crippen LogP contribution in [0.15, 0.2) is 24.3 Å². The van der Waals surface area contributed by atoms with Gasteiger partial charge in [-0.1, -0.05) is 29.8 Å². The fourth-order valence-corrected chi connectivity index (χ4v) is 1.82. The average Bonchev–Trinajstić information content (AvgIpc) is 2.34. The molecule has 2 heteroatoms. The number of hydrogen-bond acceptors (Lipinski definition) is 2. The first-order valence-corrected chi connectivity index (χ1v) is 6.45. The molecule has 0 unspecified atom stereocenters. The molecular weight excluding hydrogens is 210 g/mol. The summed E-state index contributed by atoms with van der Waals surface area (Å²) in [6, 6.07) is 8.87. The second-order valence-corrected chi connectivity index (χ2v) is 4.74. The Kier molecular flexibility index (Phi) is 6.90. The molecule has 17 heavy (non-hydrogen) atoms. The van der Waals surface area contributed by atoms with Gasteiger partial charge in [-0.2, -0.15) is 0 Å². The Morgan fingerprint density at radius 3 is 2.41 bits per heavy atom. The van der Waals surface area contributed by atoms with Crippen LogP contribution in [0, 0.1) is 6.92 Å². The van der Waals surface area contributed by atoms with E-state index in [0.29, 0.717) is 0 Å². The molecule has 0 aliphatic rings. The van der Waals surface area contributed by atoms with E-state index >= 15 is 0 Å². The van der Waals surface area contributed by atoms with Crippen molar-refractivity contribution in [3.8, 4) is 0 Å². The minimum Gasteiger partial charge on any atom is -0.383 e. The molecule has 0 spiro atoms. The molecule has 0 aliphatic carbocycles. The summed E-state index contributed by atoms with van der Waals surface area (Å²) < 4.78 is 5.06. The Bertz CT molecular complexity index is 294. The Balaban J connectivity index is 2.09. The van der Waals surface area contributed by atoms with Crippen LogP contribution in [0.3, 0.4) is 0 Å². The van der Waals surface area contributed by atoms with Crippen molar-refractivity contribution in [2.24, 2.45) is 0 Å². The highest BCUT2D eigenvalue weighted by molar-refractivity contribution is 5.21. The summed E-state index contributed by atoms with van der Waals surface area (Å²) in [7, 11) is 3.91.